The Morgan fingerprint density at radius 3 is 2.25 bits per heavy atom. The van der Waals surface area contributed by atoms with E-state index in [1.807, 2.05) is 6.92 Å². The van der Waals surface area contributed by atoms with Gasteiger partial charge in [0.2, 0.25) is 5.91 Å². The average molecular weight is 282 g/mol. The minimum Gasteiger partial charge on any atom is -0.355 e. The van der Waals surface area contributed by atoms with Crippen LogP contribution in [-0.2, 0) is 4.79 Å². The summed E-state index contributed by atoms with van der Waals surface area (Å²) in [6, 6.07) is 0.349. The number of carbonyl (C=O) groups excluding carboxylic acids is 1. The van der Waals surface area contributed by atoms with Gasteiger partial charge in [-0.3, -0.25) is 4.79 Å². The van der Waals surface area contributed by atoms with Crippen molar-refractivity contribution >= 4 is 5.91 Å². The van der Waals surface area contributed by atoms with Crippen LogP contribution in [0.15, 0.2) is 0 Å². The van der Waals surface area contributed by atoms with E-state index in [9.17, 15) is 4.79 Å². The molecule has 0 aliphatic heterocycles. The second-order valence-electron chi connectivity index (χ2n) is 8.14. The van der Waals surface area contributed by atoms with Gasteiger partial charge in [0.1, 0.15) is 0 Å². The van der Waals surface area contributed by atoms with Gasteiger partial charge in [0.25, 0.3) is 0 Å². The zero-order chi connectivity index (χ0) is 15.4. The number of rotatable bonds is 6. The quantitative estimate of drug-likeness (QED) is 0.732. The lowest BCUT2D eigenvalue weighted by molar-refractivity contribution is -0.123. The van der Waals surface area contributed by atoms with Crippen LogP contribution in [0, 0.1) is 10.8 Å². The van der Waals surface area contributed by atoms with Crippen LogP contribution >= 0.6 is 0 Å². The summed E-state index contributed by atoms with van der Waals surface area (Å²) in [4.78, 5) is 12.0. The molecule has 20 heavy (non-hydrogen) atoms. The third kappa shape index (κ3) is 5.82. The van der Waals surface area contributed by atoms with Crippen LogP contribution in [0.2, 0.25) is 0 Å². The number of nitrogens with one attached hydrogen (secondary N) is 2. The van der Waals surface area contributed by atoms with Crippen molar-refractivity contribution in [3.05, 3.63) is 0 Å². The second kappa shape index (κ2) is 6.93. The zero-order valence-electron chi connectivity index (χ0n) is 14.3. The van der Waals surface area contributed by atoms with Crippen molar-refractivity contribution in [2.45, 2.75) is 85.7 Å². The first-order valence-corrected chi connectivity index (χ1v) is 8.19. The highest BCUT2D eigenvalue weighted by molar-refractivity contribution is 5.81. The summed E-state index contributed by atoms with van der Waals surface area (Å²) in [5.74, 6) is 0.139. The van der Waals surface area contributed by atoms with E-state index in [1.165, 1.54) is 6.42 Å². The minimum absolute atomic E-state index is 0.0958. The predicted molar refractivity (Wildman–Crippen MR) is 85.7 cm³/mol. The molecule has 2 N–H and O–H groups in total. The molecule has 1 fully saturated rings. The molecule has 118 valence electrons. The van der Waals surface area contributed by atoms with Gasteiger partial charge in [0.15, 0.2) is 0 Å². The maximum atomic E-state index is 12.0. The third-order valence-electron chi connectivity index (χ3n) is 4.26. The van der Waals surface area contributed by atoms with E-state index in [1.54, 1.807) is 0 Å². The van der Waals surface area contributed by atoms with Crippen molar-refractivity contribution in [1.82, 2.24) is 10.6 Å². The molecule has 0 aromatic rings. The lowest BCUT2D eigenvalue weighted by Crippen LogP contribution is -2.51. The summed E-state index contributed by atoms with van der Waals surface area (Å²) in [6.07, 6.45) is 5.75. The highest BCUT2D eigenvalue weighted by Crippen LogP contribution is 2.45. The SMILES string of the molecule is CCCCNC(=O)C(C)NC1CC(C)(C)CC(C)(C)C1. The molecule has 1 rings (SSSR count). The Morgan fingerprint density at radius 1 is 1.20 bits per heavy atom. The maximum Gasteiger partial charge on any atom is 0.236 e. The van der Waals surface area contributed by atoms with Gasteiger partial charge in [-0.05, 0) is 43.4 Å². The van der Waals surface area contributed by atoms with Crippen molar-refractivity contribution in [1.29, 1.82) is 0 Å². The van der Waals surface area contributed by atoms with Crippen LogP contribution in [0.5, 0.6) is 0 Å². The van der Waals surface area contributed by atoms with Crippen LogP contribution in [0.3, 0.4) is 0 Å². The van der Waals surface area contributed by atoms with Crippen LogP contribution in [-0.4, -0.2) is 24.5 Å². The largest absolute Gasteiger partial charge is 0.355 e. The van der Waals surface area contributed by atoms with E-state index >= 15 is 0 Å². The van der Waals surface area contributed by atoms with Crippen molar-refractivity contribution in [3.63, 3.8) is 0 Å². The number of hydrogen-bond acceptors (Lipinski definition) is 2. The first-order chi connectivity index (χ1) is 9.15. The minimum atomic E-state index is -0.0958. The van der Waals surface area contributed by atoms with E-state index in [-0.39, 0.29) is 11.9 Å². The fourth-order valence-corrected chi connectivity index (χ4v) is 3.93. The molecule has 0 aromatic carbocycles. The first kappa shape index (κ1) is 17.5. The molecule has 0 aromatic heterocycles. The van der Waals surface area contributed by atoms with E-state index in [0.717, 1.165) is 32.2 Å². The lowest BCUT2D eigenvalue weighted by Gasteiger charge is -2.45. The van der Waals surface area contributed by atoms with Crippen LogP contribution in [0.1, 0.15) is 73.6 Å². The van der Waals surface area contributed by atoms with E-state index < -0.39 is 0 Å². The Kier molecular flexibility index (Phi) is 6.06. The lowest BCUT2D eigenvalue weighted by atomic mass is 9.63. The van der Waals surface area contributed by atoms with Gasteiger partial charge in [-0.2, -0.15) is 0 Å². The van der Waals surface area contributed by atoms with Crippen molar-refractivity contribution < 1.29 is 4.79 Å². The Hall–Kier alpha value is -0.570. The monoisotopic (exact) mass is 282 g/mol. The third-order valence-corrected chi connectivity index (χ3v) is 4.26. The number of amides is 1. The molecule has 1 amide bonds. The molecule has 1 aliphatic rings. The molecule has 1 atom stereocenters. The van der Waals surface area contributed by atoms with Gasteiger partial charge < -0.3 is 10.6 Å². The van der Waals surface area contributed by atoms with Gasteiger partial charge >= 0.3 is 0 Å². The van der Waals surface area contributed by atoms with Gasteiger partial charge in [0.05, 0.1) is 6.04 Å². The highest BCUT2D eigenvalue weighted by atomic mass is 16.2. The van der Waals surface area contributed by atoms with Crippen molar-refractivity contribution in [2.75, 3.05) is 6.54 Å². The fourth-order valence-electron chi connectivity index (χ4n) is 3.93. The molecule has 1 saturated carbocycles. The number of carbonyl (C=O) groups is 1. The summed E-state index contributed by atoms with van der Waals surface area (Å²) >= 11 is 0. The smallest absolute Gasteiger partial charge is 0.236 e. The maximum absolute atomic E-state index is 12.0. The van der Waals surface area contributed by atoms with E-state index in [4.69, 9.17) is 0 Å². The topological polar surface area (TPSA) is 41.1 Å². The summed E-state index contributed by atoms with van der Waals surface area (Å²) in [7, 11) is 0. The Balaban J connectivity index is 2.48. The van der Waals surface area contributed by atoms with Gasteiger partial charge in [-0.25, -0.2) is 0 Å². The van der Waals surface area contributed by atoms with E-state index in [0.29, 0.717) is 16.9 Å². The molecule has 0 saturated heterocycles. The molecular formula is C17H34N2O. The molecule has 0 bridgehead atoms. The van der Waals surface area contributed by atoms with Crippen LogP contribution in [0.4, 0.5) is 0 Å². The molecule has 3 heteroatoms. The molecule has 0 spiro atoms. The summed E-state index contributed by atoms with van der Waals surface area (Å²) in [6.45, 7) is 14.3. The van der Waals surface area contributed by atoms with Crippen molar-refractivity contribution in [2.24, 2.45) is 10.8 Å². The second-order valence-corrected chi connectivity index (χ2v) is 8.14. The van der Waals surface area contributed by atoms with Gasteiger partial charge in [-0.15, -0.1) is 0 Å². The molecule has 1 aliphatic carbocycles. The first-order valence-electron chi connectivity index (χ1n) is 8.19. The van der Waals surface area contributed by atoms with Gasteiger partial charge in [0, 0.05) is 12.6 Å². The van der Waals surface area contributed by atoms with E-state index in [2.05, 4.69) is 45.3 Å². The number of hydrogen-bond donors (Lipinski definition) is 2. The Morgan fingerprint density at radius 2 is 1.75 bits per heavy atom. The summed E-state index contributed by atoms with van der Waals surface area (Å²) in [5.41, 5.74) is 0.718. The number of unbranched alkanes of at least 4 members (excludes halogenated alkanes) is 1. The standard InChI is InChI=1S/C17H34N2O/c1-7-8-9-18-15(20)13(2)19-14-10-16(3,4)12-17(5,6)11-14/h13-14,19H,7-12H2,1-6H3,(H,18,20). The molecule has 0 radical (unpaired) electrons. The molecule has 3 nitrogen and oxygen atoms in total. The zero-order valence-corrected chi connectivity index (χ0v) is 14.3. The molecular weight excluding hydrogens is 248 g/mol. The fraction of sp³-hybridized carbons (Fsp3) is 0.941. The molecule has 1 unspecified atom stereocenters. The van der Waals surface area contributed by atoms with Gasteiger partial charge in [-0.1, -0.05) is 41.0 Å². The van der Waals surface area contributed by atoms with Crippen molar-refractivity contribution in [3.8, 4) is 0 Å². The summed E-state index contributed by atoms with van der Waals surface area (Å²) in [5, 5.41) is 6.56. The molecule has 0 heterocycles. The summed E-state index contributed by atoms with van der Waals surface area (Å²) < 4.78 is 0. The van der Waals surface area contributed by atoms with Crippen LogP contribution in [0.25, 0.3) is 0 Å². The average Bonchev–Trinajstić information content (AvgIpc) is 2.24. The Bertz CT molecular complexity index is 307. The predicted octanol–water partition coefficient (Wildman–Crippen LogP) is 3.49. The van der Waals surface area contributed by atoms with Crippen LogP contribution < -0.4 is 10.6 Å². The highest BCUT2D eigenvalue weighted by Gasteiger charge is 2.38. The Labute approximate surface area is 125 Å². The normalized spacial score (nSPS) is 23.3.